The average molecular weight is 829 g/mol. The molecule has 5 N–H and O–H groups in total. The second-order valence-corrected chi connectivity index (χ2v) is 16.5. The van der Waals surface area contributed by atoms with Gasteiger partial charge in [0.1, 0.15) is 34.9 Å². The van der Waals surface area contributed by atoms with Crippen molar-refractivity contribution in [1.82, 2.24) is 40.8 Å². The molecule has 1 aliphatic heterocycles. The Hall–Kier alpha value is -6.64. The molecule has 2 bridgehead atoms. The van der Waals surface area contributed by atoms with E-state index in [9.17, 15) is 19.2 Å². The molecule has 4 aromatic heterocycles. The van der Waals surface area contributed by atoms with Crippen LogP contribution >= 0.6 is 0 Å². The molecule has 1 fully saturated rings. The quantitative estimate of drug-likeness (QED) is 0.0675. The topological polar surface area (TPSA) is 197 Å². The van der Waals surface area contributed by atoms with Crippen LogP contribution in [-0.4, -0.2) is 88.2 Å². The highest BCUT2D eigenvalue weighted by molar-refractivity contribution is 6.20. The van der Waals surface area contributed by atoms with Crippen LogP contribution in [0, 0.1) is 11.8 Å². The minimum Gasteiger partial charge on any atom is -0.456 e. The van der Waals surface area contributed by atoms with Gasteiger partial charge in [-0.05, 0) is 96.2 Å². The number of nitrogens with zero attached hydrogens (tertiary/aromatic N) is 3. The van der Waals surface area contributed by atoms with Crippen LogP contribution in [0.25, 0.3) is 66.3 Å². The first-order valence-electron chi connectivity index (χ1n) is 21.0. The molecule has 15 nitrogen and oxygen atoms in total. The Kier molecular flexibility index (Phi) is 11.6. The zero-order valence-electron chi connectivity index (χ0n) is 35.3. The maximum Gasteiger partial charge on any atom is 0.407 e. The standard InChI is InChI=1S/C46H52N8O7/c1-24(2)40(52-45(57)59-5)43(55)47-20-8-7-11-37-48-30-16-12-26(22-32(30)49-37)28-14-15-29(39-36-19-18-35(61-36)38(28)39)27-13-17-31-33(23-27)51-42(50-31)34-10-9-21-54(34)44(56)41(25(3)4)53-46(58)60-6/h12-19,22-25,34,40-41H,7-11,20-21H2,1-6H3,(H,47,55)(H,48,49)(H,50,51)(H,52,57)(H,53,58). The number of carbonyl (C=O) groups is 4. The second-order valence-electron chi connectivity index (χ2n) is 16.5. The van der Waals surface area contributed by atoms with E-state index in [1.54, 1.807) is 0 Å². The third-order valence-corrected chi connectivity index (χ3v) is 11.7. The minimum atomic E-state index is -0.705. The SMILES string of the molecule is COC(=O)NC(C(=O)NCCCCc1nc2ccc(-c3ccc(-c4ccc5nc(C6CCCN6C(=O)C(NC(=O)OC)C(C)C)[nH]c5c4)c4c5ccc(o5)c34)cc2[nH]1)C(C)C. The molecule has 3 aromatic carbocycles. The van der Waals surface area contributed by atoms with Gasteiger partial charge in [-0.25, -0.2) is 19.6 Å². The summed E-state index contributed by atoms with van der Waals surface area (Å²) >= 11 is 0. The number of alkyl carbamates (subject to hydrolysis) is 2. The highest BCUT2D eigenvalue weighted by Gasteiger charge is 2.37. The molecule has 3 atom stereocenters. The summed E-state index contributed by atoms with van der Waals surface area (Å²) in [7, 11) is 2.57. The predicted octanol–water partition coefficient (Wildman–Crippen LogP) is 7.97. The highest BCUT2D eigenvalue weighted by atomic mass is 16.5. The molecule has 1 aliphatic rings. The lowest BCUT2D eigenvalue weighted by Crippen LogP contribution is -2.51. The van der Waals surface area contributed by atoms with Gasteiger partial charge >= 0.3 is 12.2 Å². The zero-order valence-corrected chi connectivity index (χ0v) is 35.3. The normalized spacial score (nSPS) is 15.3. The number of furan rings is 2. The maximum absolute atomic E-state index is 13.7. The number of carbonyl (C=O) groups excluding carboxylic acids is 4. The van der Waals surface area contributed by atoms with Gasteiger partial charge < -0.3 is 44.7 Å². The molecule has 0 spiro atoms. The maximum atomic E-state index is 13.7. The molecule has 1 saturated heterocycles. The number of nitrogens with one attached hydrogen (secondary N) is 5. The number of benzene rings is 4. The van der Waals surface area contributed by atoms with Gasteiger partial charge in [0.15, 0.2) is 0 Å². The van der Waals surface area contributed by atoms with Crippen LogP contribution in [0.5, 0.6) is 0 Å². The fourth-order valence-electron chi connectivity index (χ4n) is 8.56. The summed E-state index contributed by atoms with van der Waals surface area (Å²) in [5.74, 6) is 1.02. The molecular weight excluding hydrogens is 777 g/mol. The Morgan fingerprint density at radius 3 is 1.97 bits per heavy atom. The molecule has 0 saturated carbocycles. The van der Waals surface area contributed by atoms with E-state index < -0.39 is 24.3 Å². The van der Waals surface area contributed by atoms with E-state index in [2.05, 4.69) is 67.1 Å². The third-order valence-electron chi connectivity index (χ3n) is 11.7. The Morgan fingerprint density at radius 1 is 0.770 bits per heavy atom. The van der Waals surface area contributed by atoms with Crippen molar-refractivity contribution in [2.24, 2.45) is 11.8 Å². The average Bonchev–Trinajstić information content (AvgIpc) is 4.11. The Balaban J connectivity index is 0.988. The van der Waals surface area contributed by atoms with E-state index in [1.807, 2.05) is 56.9 Å². The van der Waals surface area contributed by atoms with Crippen LogP contribution in [0.4, 0.5) is 9.59 Å². The Bertz CT molecular complexity index is 2730. The van der Waals surface area contributed by atoms with E-state index in [1.165, 1.54) is 14.2 Å². The number of unbranched alkanes of at least 4 members (excludes halogenated alkanes) is 1. The molecule has 7 aromatic rings. The number of aromatic amines is 2. The van der Waals surface area contributed by atoms with E-state index in [-0.39, 0.29) is 29.7 Å². The van der Waals surface area contributed by atoms with Gasteiger partial charge in [0.05, 0.1) is 42.3 Å². The van der Waals surface area contributed by atoms with Crippen molar-refractivity contribution in [3.05, 3.63) is 72.3 Å². The van der Waals surface area contributed by atoms with Crippen molar-refractivity contribution < 1.29 is 33.1 Å². The van der Waals surface area contributed by atoms with Gasteiger partial charge in [-0.15, -0.1) is 0 Å². The fourth-order valence-corrected chi connectivity index (χ4v) is 8.56. The number of ether oxygens (including phenoxy) is 2. The molecule has 0 radical (unpaired) electrons. The van der Waals surface area contributed by atoms with Crippen molar-refractivity contribution in [2.75, 3.05) is 27.3 Å². The number of likely N-dealkylation sites (tertiary alicyclic amines) is 1. The second kappa shape index (κ2) is 17.1. The van der Waals surface area contributed by atoms with Crippen LogP contribution < -0.4 is 16.0 Å². The molecule has 8 rings (SSSR count). The van der Waals surface area contributed by atoms with Crippen LogP contribution in [0.2, 0.25) is 0 Å². The Labute approximate surface area is 352 Å². The summed E-state index contributed by atoms with van der Waals surface area (Å²) < 4.78 is 15.8. The van der Waals surface area contributed by atoms with Crippen LogP contribution in [-0.2, 0) is 25.5 Å². The molecular formula is C46H52N8O7. The summed E-state index contributed by atoms with van der Waals surface area (Å²) in [5.41, 5.74) is 9.27. The fraction of sp³-hybridized carbons (Fsp3) is 0.391. The molecule has 4 amide bonds. The predicted molar refractivity (Wildman–Crippen MR) is 233 cm³/mol. The number of methoxy groups -OCH3 is 2. The monoisotopic (exact) mass is 828 g/mol. The molecule has 0 aliphatic carbocycles. The van der Waals surface area contributed by atoms with Gasteiger partial charge in [-0.1, -0.05) is 52.0 Å². The summed E-state index contributed by atoms with van der Waals surface area (Å²) in [6, 6.07) is 19.2. The first-order valence-corrected chi connectivity index (χ1v) is 21.0. The van der Waals surface area contributed by atoms with Crippen molar-refractivity contribution in [3.63, 3.8) is 0 Å². The molecule has 61 heavy (non-hydrogen) atoms. The van der Waals surface area contributed by atoms with E-state index in [0.717, 1.165) is 110 Å². The number of fused-ring (bicyclic) bond motifs is 7. The third kappa shape index (κ3) is 8.16. The number of imidazole rings is 2. The summed E-state index contributed by atoms with van der Waals surface area (Å²) in [4.78, 5) is 68.8. The van der Waals surface area contributed by atoms with Gasteiger partial charge in [0.2, 0.25) is 11.8 Å². The van der Waals surface area contributed by atoms with Crippen LogP contribution in [0.15, 0.2) is 65.1 Å². The van der Waals surface area contributed by atoms with Crippen LogP contribution in [0.1, 0.15) is 71.1 Å². The van der Waals surface area contributed by atoms with Crippen molar-refractivity contribution >= 4 is 68.0 Å². The summed E-state index contributed by atoms with van der Waals surface area (Å²) in [5, 5.41) is 10.3. The number of aryl methyl sites for hydroxylation is 1. The largest absolute Gasteiger partial charge is 0.456 e. The van der Waals surface area contributed by atoms with Crippen molar-refractivity contribution in [1.29, 1.82) is 0 Å². The van der Waals surface area contributed by atoms with Gasteiger partial charge in [-0.2, -0.15) is 0 Å². The summed E-state index contributed by atoms with van der Waals surface area (Å²) in [6.07, 6.45) is 2.64. The first kappa shape index (κ1) is 41.1. The summed E-state index contributed by atoms with van der Waals surface area (Å²) in [6.45, 7) is 8.62. The Morgan fingerprint density at radius 2 is 1.36 bits per heavy atom. The van der Waals surface area contributed by atoms with E-state index >= 15 is 0 Å². The number of aromatic nitrogens is 4. The zero-order chi connectivity index (χ0) is 42.9. The number of hydrogen-bond acceptors (Lipinski definition) is 9. The number of H-pyrrole nitrogens is 2. The van der Waals surface area contributed by atoms with Gasteiger partial charge in [0.25, 0.3) is 0 Å². The lowest BCUT2D eigenvalue weighted by atomic mass is 9.92. The molecule has 5 heterocycles. The van der Waals surface area contributed by atoms with Gasteiger partial charge in [-0.3, -0.25) is 9.59 Å². The lowest BCUT2D eigenvalue weighted by molar-refractivity contribution is -0.135. The smallest absolute Gasteiger partial charge is 0.407 e. The van der Waals surface area contributed by atoms with E-state index in [0.29, 0.717) is 13.1 Å². The first-order chi connectivity index (χ1) is 29.4. The van der Waals surface area contributed by atoms with Crippen molar-refractivity contribution in [3.8, 4) is 22.3 Å². The lowest BCUT2D eigenvalue weighted by Gasteiger charge is -2.29. The number of rotatable bonds is 14. The molecule has 3 unspecified atom stereocenters. The minimum absolute atomic E-state index is 0.0818. The molecule has 318 valence electrons. The number of amides is 4. The van der Waals surface area contributed by atoms with Crippen LogP contribution in [0.3, 0.4) is 0 Å². The van der Waals surface area contributed by atoms with Gasteiger partial charge in [0, 0.05) is 30.3 Å². The molecule has 15 heteroatoms. The number of hydrogen-bond donors (Lipinski definition) is 5. The van der Waals surface area contributed by atoms with E-state index in [4.69, 9.17) is 19.1 Å². The highest BCUT2D eigenvalue weighted by Crippen LogP contribution is 2.44. The van der Waals surface area contributed by atoms with Crippen molar-refractivity contribution in [2.45, 2.75) is 77.9 Å².